The van der Waals surface area contributed by atoms with E-state index in [0.29, 0.717) is 5.02 Å². The van der Waals surface area contributed by atoms with Crippen molar-refractivity contribution in [3.05, 3.63) is 28.2 Å². The predicted molar refractivity (Wildman–Crippen MR) is 88.8 cm³/mol. The molecule has 0 radical (unpaired) electrons. The van der Waals surface area contributed by atoms with Crippen molar-refractivity contribution in [1.82, 2.24) is 9.80 Å². The molecule has 9 heteroatoms. The summed E-state index contributed by atoms with van der Waals surface area (Å²) >= 11 is 11.8. The smallest absolute Gasteiger partial charge is 0.324 e. The molecule has 0 saturated carbocycles. The molecule has 0 unspecified atom stereocenters. The highest BCUT2D eigenvalue weighted by Gasteiger charge is 2.48. The standard InChI is InChI=1S/C15H15Cl2N3O4/c1-3-19-13(22)11(14(23)20(4-2)15(19)24)12(21)18-10-6-5-8(16)7-9(10)17/h5-7,11H,3-4H2,1-2H3,(H,18,21). The molecule has 2 rings (SSSR count). The first kappa shape index (κ1) is 18.2. The Morgan fingerprint density at radius 1 is 1.08 bits per heavy atom. The molecule has 1 aliphatic heterocycles. The minimum atomic E-state index is -1.63. The van der Waals surface area contributed by atoms with Crippen molar-refractivity contribution in [1.29, 1.82) is 0 Å². The summed E-state index contributed by atoms with van der Waals surface area (Å²) in [5.74, 6) is -4.17. The first-order chi connectivity index (χ1) is 11.3. The largest absolute Gasteiger partial charge is 0.333 e. The second kappa shape index (κ2) is 7.19. The van der Waals surface area contributed by atoms with E-state index in [9.17, 15) is 19.2 Å². The van der Waals surface area contributed by atoms with Crippen LogP contribution in [0.15, 0.2) is 18.2 Å². The monoisotopic (exact) mass is 371 g/mol. The van der Waals surface area contributed by atoms with Gasteiger partial charge in [-0.25, -0.2) is 4.79 Å². The number of nitrogens with zero attached hydrogens (tertiary/aromatic N) is 2. The summed E-state index contributed by atoms with van der Waals surface area (Å²) in [6.45, 7) is 3.30. The van der Waals surface area contributed by atoms with Gasteiger partial charge in [0.25, 0.3) is 11.8 Å². The molecule has 7 nitrogen and oxygen atoms in total. The van der Waals surface area contributed by atoms with Crippen molar-refractivity contribution in [2.45, 2.75) is 13.8 Å². The van der Waals surface area contributed by atoms with Gasteiger partial charge in [0, 0.05) is 18.1 Å². The lowest BCUT2D eigenvalue weighted by atomic mass is 10.0. The highest BCUT2D eigenvalue weighted by Crippen LogP contribution is 2.27. The summed E-state index contributed by atoms with van der Waals surface area (Å²) in [4.78, 5) is 51.0. The van der Waals surface area contributed by atoms with Crippen LogP contribution in [0.3, 0.4) is 0 Å². The quantitative estimate of drug-likeness (QED) is 0.823. The average molecular weight is 372 g/mol. The van der Waals surface area contributed by atoms with Crippen LogP contribution in [0.5, 0.6) is 0 Å². The van der Waals surface area contributed by atoms with Gasteiger partial charge in [0.15, 0.2) is 5.92 Å². The van der Waals surface area contributed by atoms with E-state index in [-0.39, 0.29) is 23.8 Å². The Morgan fingerprint density at radius 3 is 2.08 bits per heavy atom. The minimum Gasteiger partial charge on any atom is -0.324 e. The van der Waals surface area contributed by atoms with E-state index in [1.807, 2.05) is 0 Å². The van der Waals surface area contributed by atoms with Gasteiger partial charge in [0.1, 0.15) is 0 Å². The Labute approximate surface area is 148 Å². The van der Waals surface area contributed by atoms with Crippen LogP contribution in [-0.2, 0) is 14.4 Å². The van der Waals surface area contributed by atoms with Crippen molar-refractivity contribution in [2.24, 2.45) is 5.92 Å². The number of barbiturate groups is 1. The van der Waals surface area contributed by atoms with Gasteiger partial charge in [0.05, 0.1) is 10.7 Å². The van der Waals surface area contributed by atoms with Crippen LogP contribution >= 0.6 is 23.2 Å². The molecule has 1 aromatic rings. The second-order valence-corrected chi connectivity index (χ2v) is 5.84. The summed E-state index contributed by atoms with van der Waals surface area (Å²) in [5, 5.41) is 2.98. The molecule has 0 aromatic heterocycles. The van der Waals surface area contributed by atoms with Crippen LogP contribution in [0, 0.1) is 5.92 Å². The highest BCUT2D eigenvalue weighted by molar-refractivity contribution is 6.37. The number of anilines is 1. The molecule has 0 aliphatic carbocycles. The van der Waals surface area contributed by atoms with Crippen molar-refractivity contribution < 1.29 is 19.2 Å². The second-order valence-electron chi connectivity index (χ2n) is 4.99. The molecule has 0 atom stereocenters. The molecule has 128 valence electrons. The van der Waals surface area contributed by atoms with Crippen molar-refractivity contribution in [3.8, 4) is 0 Å². The molecule has 0 bridgehead atoms. The summed E-state index contributed by atoms with van der Waals surface area (Å²) in [6, 6.07) is 3.67. The number of amides is 5. The lowest BCUT2D eigenvalue weighted by Crippen LogP contribution is -2.62. The Balaban J connectivity index is 2.30. The first-order valence-corrected chi connectivity index (χ1v) is 8.00. The molecule has 24 heavy (non-hydrogen) atoms. The zero-order valence-corrected chi connectivity index (χ0v) is 14.5. The number of urea groups is 1. The molecule has 1 aliphatic rings. The van der Waals surface area contributed by atoms with Crippen LogP contribution in [0.2, 0.25) is 10.0 Å². The normalized spacial score (nSPS) is 15.9. The van der Waals surface area contributed by atoms with E-state index in [0.717, 1.165) is 9.80 Å². The average Bonchev–Trinajstić information content (AvgIpc) is 2.51. The Hall–Kier alpha value is -2.12. The highest BCUT2D eigenvalue weighted by atomic mass is 35.5. The molecule has 5 amide bonds. The van der Waals surface area contributed by atoms with E-state index in [1.54, 1.807) is 13.8 Å². The van der Waals surface area contributed by atoms with Gasteiger partial charge in [-0.2, -0.15) is 0 Å². The molecule has 1 aromatic carbocycles. The number of hydrogen-bond acceptors (Lipinski definition) is 4. The van der Waals surface area contributed by atoms with Crippen LogP contribution in [0.1, 0.15) is 13.8 Å². The lowest BCUT2D eigenvalue weighted by molar-refractivity contribution is -0.152. The van der Waals surface area contributed by atoms with Crippen LogP contribution < -0.4 is 5.32 Å². The first-order valence-electron chi connectivity index (χ1n) is 7.24. The number of carbonyl (C=O) groups excluding carboxylic acids is 4. The van der Waals surface area contributed by atoms with Crippen LogP contribution in [0.4, 0.5) is 10.5 Å². The van der Waals surface area contributed by atoms with Gasteiger partial charge in [-0.15, -0.1) is 0 Å². The number of benzene rings is 1. The van der Waals surface area contributed by atoms with Crippen molar-refractivity contribution >= 4 is 52.6 Å². The summed E-state index contributed by atoms with van der Waals surface area (Å²) in [6.07, 6.45) is 0. The third-order valence-corrected chi connectivity index (χ3v) is 4.12. The number of halogens is 2. The zero-order valence-electron chi connectivity index (χ0n) is 13.0. The number of rotatable bonds is 4. The molecule has 1 saturated heterocycles. The molecule has 0 spiro atoms. The van der Waals surface area contributed by atoms with Crippen LogP contribution in [-0.4, -0.2) is 46.6 Å². The fourth-order valence-corrected chi connectivity index (χ4v) is 2.81. The fraction of sp³-hybridized carbons (Fsp3) is 0.333. The van der Waals surface area contributed by atoms with Gasteiger partial charge < -0.3 is 5.32 Å². The van der Waals surface area contributed by atoms with E-state index in [1.165, 1.54) is 18.2 Å². The molecular weight excluding hydrogens is 357 g/mol. The summed E-state index contributed by atoms with van der Waals surface area (Å²) < 4.78 is 0. The van der Waals surface area contributed by atoms with Crippen LogP contribution in [0.25, 0.3) is 0 Å². The zero-order chi connectivity index (χ0) is 18.0. The predicted octanol–water partition coefficient (Wildman–Crippen LogP) is 2.38. The number of imide groups is 2. The molecule has 1 fully saturated rings. The van der Waals surface area contributed by atoms with Crippen molar-refractivity contribution in [3.63, 3.8) is 0 Å². The van der Waals surface area contributed by atoms with E-state index < -0.39 is 29.7 Å². The van der Waals surface area contributed by atoms with Gasteiger partial charge in [-0.3, -0.25) is 24.2 Å². The Morgan fingerprint density at radius 2 is 1.62 bits per heavy atom. The maximum atomic E-state index is 12.4. The van der Waals surface area contributed by atoms with E-state index >= 15 is 0 Å². The Bertz CT molecular complexity index is 697. The number of carbonyl (C=O) groups is 4. The molecular formula is C15H15Cl2N3O4. The van der Waals surface area contributed by atoms with Gasteiger partial charge >= 0.3 is 6.03 Å². The Kier molecular flexibility index (Phi) is 5.46. The summed E-state index contributed by atoms with van der Waals surface area (Å²) in [5.41, 5.74) is 0.217. The van der Waals surface area contributed by atoms with Crippen molar-refractivity contribution in [2.75, 3.05) is 18.4 Å². The maximum absolute atomic E-state index is 12.4. The summed E-state index contributed by atoms with van der Waals surface area (Å²) in [7, 11) is 0. The third kappa shape index (κ3) is 3.22. The lowest BCUT2D eigenvalue weighted by Gasteiger charge is -2.35. The fourth-order valence-electron chi connectivity index (χ4n) is 2.35. The maximum Gasteiger partial charge on any atom is 0.333 e. The molecule has 1 N–H and O–H groups in total. The third-order valence-electron chi connectivity index (χ3n) is 3.57. The molecule has 1 heterocycles. The number of nitrogens with one attached hydrogen (secondary N) is 1. The van der Waals surface area contributed by atoms with Gasteiger partial charge in [-0.05, 0) is 32.0 Å². The minimum absolute atomic E-state index is 0.0624. The topological polar surface area (TPSA) is 86.8 Å². The van der Waals surface area contributed by atoms with Gasteiger partial charge in [-0.1, -0.05) is 23.2 Å². The number of hydrogen-bond donors (Lipinski definition) is 1. The van der Waals surface area contributed by atoms with E-state index in [2.05, 4.69) is 5.32 Å². The SMILES string of the molecule is CCN1C(=O)C(C(=O)Nc2ccc(Cl)cc2Cl)C(=O)N(CC)C1=O. The van der Waals surface area contributed by atoms with Gasteiger partial charge in [0.2, 0.25) is 5.91 Å². The van der Waals surface area contributed by atoms with E-state index in [4.69, 9.17) is 23.2 Å².